The summed E-state index contributed by atoms with van der Waals surface area (Å²) in [5.41, 5.74) is 23.9. The number of hydrogen-bond acceptors (Lipinski definition) is 17. The van der Waals surface area contributed by atoms with Crippen LogP contribution in [0, 0.1) is 11.8 Å². The number of fused-ring (bicyclic) bond motifs is 1. The molecule has 0 aliphatic heterocycles. The van der Waals surface area contributed by atoms with Gasteiger partial charge in [-0.15, -0.1) is 0 Å². The standard InChI is InChI=1S/C52H85N15O15S/c1-25(2)20-31(54)43(73)59-27(5)42(72)67-41(28(6)69)50(80)62-35(16-17-39(70)71)46(76)60-33(14-9-10-18-53)45(75)64-37(23-68)48(78)61-34(15-11-19-57-52(55)56)44(74)63-36(21-29-22-58-32-13-8-7-12-30(29)32)47(77)66-40(26(3)4)49(79)65-38(24-83)51(81)82/h7-8,12-13,22,25-28,31,33-38,40-41,58,68-69,83H,9-11,14-21,23-24,53-54H2,1-6H3,(H,59,73)(H,60,76)(H,61,78)(H,62,80)(H,63,74)(H,64,75)(H,65,79)(H,66,77)(H,67,72)(H,70,71)(H,81,82)(H4,55,56,57)/t27-,28+,31-,33-,34-,35-,36-,37-,38-,40-,41-/m0/s1. The van der Waals surface area contributed by atoms with Crippen molar-refractivity contribution >= 4 is 94.6 Å². The van der Waals surface area contributed by atoms with Crippen molar-refractivity contribution in [3.05, 3.63) is 36.0 Å². The number of amides is 9. The molecule has 30 nitrogen and oxygen atoms in total. The fraction of sp³-hybridized carbons (Fsp3) is 0.615. The molecule has 11 atom stereocenters. The highest BCUT2D eigenvalue weighted by Crippen LogP contribution is 2.20. The van der Waals surface area contributed by atoms with E-state index in [4.69, 9.17) is 22.9 Å². The number of hydrogen-bond donors (Lipinski definition) is 19. The summed E-state index contributed by atoms with van der Waals surface area (Å²) in [6.45, 7) is 8.35. The number of nitrogens with two attached hydrogens (primary N) is 4. The van der Waals surface area contributed by atoms with Crippen LogP contribution in [0.5, 0.6) is 0 Å². The molecule has 83 heavy (non-hydrogen) atoms. The molecule has 0 saturated carbocycles. The normalized spacial score (nSPS) is 15.2. The van der Waals surface area contributed by atoms with Gasteiger partial charge in [0.15, 0.2) is 5.96 Å². The van der Waals surface area contributed by atoms with E-state index in [1.807, 2.05) is 13.8 Å². The van der Waals surface area contributed by atoms with Gasteiger partial charge >= 0.3 is 11.9 Å². The van der Waals surface area contributed by atoms with Crippen molar-refractivity contribution in [2.24, 2.45) is 39.8 Å². The minimum Gasteiger partial charge on any atom is -0.481 e. The second-order valence-corrected chi connectivity index (χ2v) is 21.1. The highest BCUT2D eigenvalue weighted by Gasteiger charge is 2.37. The monoisotopic (exact) mass is 1190 g/mol. The molecular formula is C52H85N15O15S. The van der Waals surface area contributed by atoms with E-state index in [-0.39, 0.29) is 62.8 Å². The molecule has 31 heteroatoms. The molecule has 464 valence electrons. The zero-order valence-corrected chi connectivity index (χ0v) is 48.5. The minimum absolute atomic E-state index is 0.0431. The molecule has 1 aromatic heterocycles. The van der Waals surface area contributed by atoms with E-state index in [9.17, 15) is 73.2 Å². The summed E-state index contributed by atoms with van der Waals surface area (Å²) in [5, 5.41) is 62.8. The summed E-state index contributed by atoms with van der Waals surface area (Å²) in [7, 11) is 0. The Morgan fingerprint density at radius 2 is 1.12 bits per heavy atom. The molecule has 2 aromatic rings. The Morgan fingerprint density at radius 3 is 1.65 bits per heavy atom. The zero-order valence-electron chi connectivity index (χ0n) is 47.6. The largest absolute Gasteiger partial charge is 0.481 e. The average Bonchev–Trinajstić information content (AvgIpc) is 4.13. The number of benzene rings is 1. The van der Waals surface area contributed by atoms with Gasteiger partial charge in [0.05, 0.1) is 18.8 Å². The number of unbranched alkanes of at least 4 members (excludes halogenated alkanes) is 1. The van der Waals surface area contributed by atoms with Gasteiger partial charge in [-0.2, -0.15) is 12.6 Å². The molecule has 0 unspecified atom stereocenters. The quantitative estimate of drug-likeness (QED) is 0.0131. The Hall–Kier alpha value is -7.61. The number of aromatic nitrogens is 1. The van der Waals surface area contributed by atoms with Crippen molar-refractivity contribution in [1.82, 2.24) is 52.8 Å². The van der Waals surface area contributed by atoms with Crippen LogP contribution in [0.2, 0.25) is 0 Å². The number of carbonyl (C=O) groups excluding carboxylic acids is 9. The van der Waals surface area contributed by atoms with Crippen molar-refractivity contribution in [3.8, 4) is 0 Å². The number of guanidine groups is 1. The summed E-state index contributed by atoms with van der Waals surface area (Å²) in [4.78, 5) is 154. The third kappa shape index (κ3) is 24.8. The molecule has 22 N–H and O–H groups in total. The molecule has 9 amide bonds. The third-order valence-corrected chi connectivity index (χ3v) is 13.3. The number of nitrogens with one attached hydrogen (secondary N) is 10. The highest BCUT2D eigenvalue weighted by atomic mass is 32.1. The van der Waals surface area contributed by atoms with E-state index in [2.05, 4.69) is 70.5 Å². The number of rotatable bonds is 38. The number of aromatic amines is 1. The van der Waals surface area contributed by atoms with Crippen molar-refractivity contribution in [1.29, 1.82) is 0 Å². The lowest BCUT2D eigenvalue weighted by molar-refractivity contribution is -0.142. The van der Waals surface area contributed by atoms with Crippen LogP contribution in [-0.2, 0) is 59.2 Å². The third-order valence-electron chi connectivity index (χ3n) is 12.9. The lowest BCUT2D eigenvalue weighted by Crippen LogP contribution is -2.62. The van der Waals surface area contributed by atoms with Crippen LogP contribution in [0.4, 0.5) is 0 Å². The molecule has 0 aliphatic carbocycles. The molecule has 2 rings (SSSR count). The molecule has 0 saturated heterocycles. The molecule has 0 radical (unpaired) electrons. The molecule has 0 aliphatic rings. The first-order valence-corrected chi connectivity index (χ1v) is 27.8. The van der Waals surface area contributed by atoms with Crippen LogP contribution in [0.25, 0.3) is 10.9 Å². The number of carbonyl (C=O) groups is 11. The number of nitrogens with zero attached hydrogens (tertiary/aromatic N) is 1. The number of H-pyrrole nitrogens is 1. The predicted octanol–water partition coefficient (Wildman–Crippen LogP) is -4.44. The Morgan fingerprint density at radius 1 is 0.614 bits per heavy atom. The number of carboxylic acids is 2. The maximum Gasteiger partial charge on any atom is 0.327 e. The van der Waals surface area contributed by atoms with Gasteiger partial charge in [-0.05, 0) is 88.8 Å². The number of thiol groups is 1. The van der Waals surface area contributed by atoms with Crippen molar-refractivity contribution in [2.75, 3.05) is 25.4 Å². The first kappa shape index (κ1) is 71.5. The SMILES string of the molecule is CC(C)C[C@H](N)C(=O)N[C@@H](C)C(=O)N[C@H](C(=O)N[C@@H](CCC(=O)O)C(=O)N[C@@H](CCCCN)C(=O)N[C@@H](CO)C(=O)N[C@@H](CCCN=C(N)N)C(=O)N[C@@H](Cc1c[nH]c2ccccc12)C(=O)N[C@H](C(=O)N[C@@H](CS)C(=O)O)C(C)C)[C@@H](C)O. The first-order valence-electron chi connectivity index (χ1n) is 27.2. The summed E-state index contributed by atoms with van der Waals surface area (Å²) in [6.07, 6.45) is -0.945. The lowest BCUT2D eigenvalue weighted by atomic mass is 10.00. The predicted molar refractivity (Wildman–Crippen MR) is 307 cm³/mol. The smallest absolute Gasteiger partial charge is 0.327 e. The lowest BCUT2D eigenvalue weighted by Gasteiger charge is -2.28. The number of aliphatic hydroxyl groups is 2. The van der Waals surface area contributed by atoms with Gasteiger partial charge in [0.2, 0.25) is 53.2 Å². The van der Waals surface area contributed by atoms with Crippen molar-refractivity contribution in [2.45, 2.75) is 166 Å². The minimum atomic E-state index is -1.83. The van der Waals surface area contributed by atoms with Gasteiger partial charge in [-0.1, -0.05) is 45.9 Å². The van der Waals surface area contributed by atoms with Gasteiger partial charge in [-0.25, -0.2) is 4.79 Å². The van der Waals surface area contributed by atoms with Gasteiger partial charge in [-0.3, -0.25) is 52.9 Å². The summed E-state index contributed by atoms with van der Waals surface area (Å²) < 4.78 is 0. The Labute approximate surface area is 486 Å². The summed E-state index contributed by atoms with van der Waals surface area (Å²) in [5.74, 6) is -12.6. The number of aliphatic hydroxyl groups excluding tert-OH is 2. The maximum atomic E-state index is 14.4. The number of aliphatic carboxylic acids is 2. The van der Waals surface area contributed by atoms with E-state index < -0.39 is 157 Å². The van der Waals surface area contributed by atoms with Crippen molar-refractivity contribution < 1.29 is 73.2 Å². The first-order chi connectivity index (χ1) is 39.0. The molecule has 1 aromatic carbocycles. The van der Waals surface area contributed by atoms with Crippen LogP contribution >= 0.6 is 12.6 Å². The fourth-order valence-electron chi connectivity index (χ4n) is 8.27. The van der Waals surface area contributed by atoms with E-state index in [0.717, 1.165) is 6.92 Å². The molecule has 1 heterocycles. The number of aliphatic imine (C=N–C) groups is 1. The van der Waals surface area contributed by atoms with E-state index in [0.29, 0.717) is 29.3 Å². The Balaban J connectivity index is 2.48. The highest BCUT2D eigenvalue weighted by molar-refractivity contribution is 7.80. The Kier molecular flexibility index (Phi) is 31.1. The van der Waals surface area contributed by atoms with Gasteiger partial charge in [0, 0.05) is 42.2 Å². The number of carboxylic acid groups (broad SMARTS) is 2. The zero-order chi connectivity index (χ0) is 62.7. The second-order valence-electron chi connectivity index (χ2n) is 20.7. The molecular weight excluding hydrogens is 1110 g/mol. The van der Waals surface area contributed by atoms with E-state index in [1.165, 1.54) is 6.92 Å². The average molecular weight is 1190 g/mol. The maximum absolute atomic E-state index is 14.4. The van der Waals surface area contributed by atoms with E-state index >= 15 is 0 Å². The summed E-state index contributed by atoms with van der Waals surface area (Å²) >= 11 is 4.00. The van der Waals surface area contributed by atoms with Crippen LogP contribution in [0.3, 0.4) is 0 Å². The van der Waals surface area contributed by atoms with Gasteiger partial charge < -0.3 is 96.2 Å². The van der Waals surface area contributed by atoms with Gasteiger partial charge in [0.1, 0.15) is 54.4 Å². The topological polar surface area (TPSA) is 509 Å². The van der Waals surface area contributed by atoms with Crippen LogP contribution in [0.15, 0.2) is 35.5 Å². The molecule has 0 fully saturated rings. The second kappa shape index (κ2) is 36.1. The van der Waals surface area contributed by atoms with Crippen LogP contribution < -0.4 is 70.8 Å². The molecule has 0 spiro atoms. The van der Waals surface area contributed by atoms with Gasteiger partial charge in [0.25, 0.3) is 0 Å². The van der Waals surface area contributed by atoms with Crippen LogP contribution in [-0.4, -0.2) is 188 Å². The number of para-hydroxylation sites is 1. The molecule has 0 bridgehead atoms. The fourth-order valence-corrected chi connectivity index (χ4v) is 8.51. The summed E-state index contributed by atoms with van der Waals surface area (Å²) in [6, 6.07) is -7.72. The van der Waals surface area contributed by atoms with Crippen LogP contribution in [0.1, 0.15) is 98.5 Å². The van der Waals surface area contributed by atoms with Crippen molar-refractivity contribution in [3.63, 3.8) is 0 Å². The Bertz CT molecular complexity index is 2560. The van der Waals surface area contributed by atoms with E-state index in [1.54, 1.807) is 44.3 Å².